The molecule has 0 unspecified atom stereocenters. The average molecular weight is 244 g/mol. The second kappa shape index (κ2) is 5.04. The van der Waals surface area contributed by atoms with Crippen molar-refractivity contribution >= 4 is 18.0 Å². The van der Waals surface area contributed by atoms with Gasteiger partial charge in [0.05, 0.1) is 0 Å². The van der Waals surface area contributed by atoms with Gasteiger partial charge in [0.15, 0.2) is 0 Å². The summed E-state index contributed by atoms with van der Waals surface area (Å²) in [6.45, 7) is 4.25. The normalized spacial score (nSPS) is 17.4. The van der Waals surface area contributed by atoms with Crippen LogP contribution < -0.4 is 5.32 Å². The molecule has 0 aliphatic carbocycles. The van der Waals surface area contributed by atoms with E-state index in [-0.39, 0.29) is 11.9 Å². The van der Waals surface area contributed by atoms with E-state index in [1.807, 2.05) is 24.3 Å². The van der Waals surface area contributed by atoms with Crippen molar-refractivity contribution in [2.75, 3.05) is 6.54 Å². The van der Waals surface area contributed by atoms with Gasteiger partial charge in [0, 0.05) is 6.54 Å². The second-order valence-corrected chi connectivity index (χ2v) is 4.13. The molecule has 0 atom stereocenters. The minimum absolute atomic E-state index is 0.262. The highest BCUT2D eigenvalue weighted by atomic mass is 16.2. The minimum Gasteiger partial charge on any atom is -0.303 e. The Bertz CT molecular complexity index is 503. The summed E-state index contributed by atoms with van der Waals surface area (Å²) in [4.78, 5) is 24.5. The van der Waals surface area contributed by atoms with E-state index in [2.05, 4.69) is 12.2 Å². The molecule has 1 aromatic carbocycles. The van der Waals surface area contributed by atoms with Crippen LogP contribution in [0.4, 0.5) is 4.79 Å². The van der Waals surface area contributed by atoms with Crippen LogP contribution in [0.1, 0.15) is 25.0 Å². The van der Waals surface area contributed by atoms with E-state index >= 15 is 0 Å². The molecule has 0 saturated carbocycles. The van der Waals surface area contributed by atoms with Crippen molar-refractivity contribution in [2.24, 2.45) is 0 Å². The lowest BCUT2D eigenvalue weighted by Crippen LogP contribution is -2.30. The van der Waals surface area contributed by atoms with Crippen molar-refractivity contribution < 1.29 is 9.59 Å². The first kappa shape index (κ1) is 12.4. The Morgan fingerprint density at radius 2 is 1.83 bits per heavy atom. The Morgan fingerprint density at radius 1 is 1.17 bits per heavy atom. The number of likely N-dealkylation sites (N-methyl/N-ethyl adjacent to an activating group) is 1. The third-order valence-electron chi connectivity index (χ3n) is 2.98. The van der Waals surface area contributed by atoms with E-state index in [0.717, 1.165) is 12.0 Å². The third-order valence-corrected chi connectivity index (χ3v) is 2.98. The van der Waals surface area contributed by atoms with Gasteiger partial charge in [-0.05, 0) is 30.5 Å². The van der Waals surface area contributed by atoms with Gasteiger partial charge >= 0.3 is 6.03 Å². The fourth-order valence-corrected chi connectivity index (χ4v) is 1.88. The molecule has 1 fully saturated rings. The molecule has 18 heavy (non-hydrogen) atoms. The first-order chi connectivity index (χ1) is 8.65. The molecule has 0 spiro atoms. The van der Waals surface area contributed by atoms with Crippen LogP contribution in [0.2, 0.25) is 0 Å². The number of carbonyl (C=O) groups is 2. The summed E-state index contributed by atoms with van der Waals surface area (Å²) in [5, 5.41) is 2.58. The van der Waals surface area contributed by atoms with E-state index in [4.69, 9.17) is 0 Å². The SMILES string of the molecule is CCc1ccc(/C=C2/NC(=O)N(CC)C2=O)cc1. The zero-order chi connectivity index (χ0) is 13.1. The number of benzene rings is 1. The topological polar surface area (TPSA) is 49.4 Å². The predicted molar refractivity (Wildman–Crippen MR) is 69.7 cm³/mol. The molecule has 1 aliphatic rings. The first-order valence-electron chi connectivity index (χ1n) is 6.09. The van der Waals surface area contributed by atoms with Crippen LogP contribution in [-0.4, -0.2) is 23.4 Å². The maximum absolute atomic E-state index is 11.8. The Morgan fingerprint density at radius 3 is 2.33 bits per heavy atom. The van der Waals surface area contributed by atoms with Crippen LogP contribution in [0, 0.1) is 0 Å². The number of hydrogen-bond donors (Lipinski definition) is 1. The van der Waals surface area contributed by atoms with Crippen molar-refractivity contribution in [1.82, 2.24) is 10.2 Å². The Kier molecular flexibility index (Phi) is 3.46. The van der Waals surface area contributed by atoms with Crippen molar-refractivity contribution in [3.63, 3.8) is 0 Å². The van der Waals surface area contributed by atoms with Gasteiger partial charge in [-0.25, -0.2) is 4.79 Å². The van der Waals surface area contributed by atoms with Crippen molar-refractivity contribution in [3.8, 4) is 0 Å². The van der Waals surface area contributed by atoms with Crippen molar-refractivity contribution in [3.05, 3.63) is 41.1 Å². The number of hydrogen-bond acceptors (Lipinski definition) is 2. The van der Waals surface area contributed by atoms with Gasteiger partial charge in [0.25, 0.3) is 5.91 Å². The molecule has 1 aromatic rings. The van der Waals surface area contributed by atoms with E-state index in [0.29, 0.717) is 12.2 Å². The molecular formula is C14H16N2O2. The maximum atomic E-state index is 11.8. The Hall–Kier alpha value is -2.10. The van der Waals surface area contributed by atoms with Gasteiger partial charge < -0.3 is 5.32 Å². The van der Waals surface area contributed by atoms with Crippen LogP contribution >= 0.6 is 0 Å². The highest BCUT2D eigenvalue weighted by Crippen LogP contribution is 2.14. The summed E-state index contributed by atoms with van der Waals surface area (Å²) in [5.74, 6) is -0.262. The summed E-state index contributed by atoms with van der Waals surface area (Å²) < 4.78 is 0. The first-order valence-corrected chi connectivity index (χ1v) is 6.09. The highest BCUT2D eigenvalue weighted by molar-refractivity contribution is 6.13. The predicted octanol–water partition coefficient (Wildman–Crippen LogP) is 2.16. The zero-order valence-corrected chi connectivity index (χ0v) is 10.6. The number of aryl methyl sites for hydroxylation is 1. The average Bonchev–Trinajstić information content (AvgIpc) is 2.65. The Labute approximate surface area is 106 Å². The van der Waals surface area contributed by atoms with Crippen molar-refractivity contribution in [2.45, 2.75) is 20.3 Å². The molecular weight excluding hydrogens is 228 g/mol. The standard InChI is InChI=1S/C14H16N2O2/c1-3-10-5-7-11(8-6-10)9-12-13(17)16(4-2)14(18)15-12/h5-9H,3-4H2,1-2H3,(H,15,18)/b12-9+. The summed E-state index contributed by atoms with van der Waals surface area (Å²) in [5.41, 5.74) is 2.49. The number of rotatable bonds is 3. The van der Waals surface area contributed by atoms with Crippen LogP contribution in [0.25, 0.3) is 6.08 Å². The third kappa shape index (κ3) is 2.27. The van der Waals surface area contributed by atoms with E-state index in [1.165, 1.54) is 10.5 Å². The van der Waals surface area contributed by atoms with Crippen LogP contribution in [0.15, 0.2) is 30.0 Å². The summed E-state index contributed by atoms with van der Waals surface area (Å²) >= 11 is 0. The minimum atomic E-state index is -0.348. The van der Waals surface area contributed by atoms with Crippen molar-refractivity contribution in [1.29, 1.82) is 0 Å². The van der Waals surface area contributed by atoms with Gasteiger partial charge in [0.2, 0.25) is 0 Å². The quantitative estimate of drug-likeness (QED) is 0.654. The van der Waals surface area contributed by atoms with E-state index < -0.39 is 0 Å². The molecule has 0 bridgehead atoms. The zero-order valence-electron chi connectivity index (χ0n) is 10.6. The molecule has 0 aromatic heterocycles. The van der Waals surface area contributed by atoms with Gasteiger partial charge in [-0.1, -0.05) is 31.2 Å². The molecule has 2 rings (SSSR count). The molecule has 1 aliphatic heterocycles. The fraction of sp³-hybridized carbons (Fsp3) is 0.286. The van der Waals surface area contributed by atoms with E-state index in [1.54, 1.807) is 13.0 Å². The fourth-order valence-electron chi connectivity index (χ4n) is 1.88. The Balaban J connectivity index is 2.23. The van der Waals surface area contributed by atoms with E-state index in [9.17, 15) is 9.59 Å². The van der Waals surface area contributed by atoms with Crippen LogP contribution in [-0.2, 0) is 11.2 Å². The number of nitrogens with zero attached hydrogens (tertiary/aromatic N) is 1. The lowest BCUT2D eigenvalue weighted by Gasteiger charge is -2.06. The molecule has 3 amide bonds. The van der Waals surface area contributed by atoms with Gasteiger partial charge in [0.1, 0.15) is 5.70 Å². The monoisotopic (exact) mass is 244 g/mol. The summed E-state index contributed by atoms with van der Waals surface area (Å²) in [6.07, 6.45) is 2.69. The number of nitrogens with one attached hydrogen (secondary N) is 1. The molecule has 0 radical (unpaired) electrons. The maximum Gasteiger partial charge on any atom is 0.328 e. The summed E-state index contributed by atoms with van der Waals surface area (Å²) in [7, 11) is 0. The number of imide groups is 1. The van der Waals surface area contributed by atoms with Gasteiger partial charge in [-0.2, -0.15) is 0 Å². The second-order valence-electron chi connectivity index (χ2n) is 4.13. The van der Waals surface area contributed by atoms with Crippen LogP contribution in [0.5, 0.6) is 0 Å². The van der Waals surface area contributed by atoms with Gasteiger partial charge in [-0.3, -0.25) is 9.69 Å². The molecule has 94 valence electrons. The molecule has 1 saturated heterocycles. The molecule has 1 N–H and O–H groups in total. The van der Waals surface area contributed by atoms with Crippen LogP contribution in [0.3, 0.4) is 0 Å². The molecule has 1 heterocycles. The number of urea groups is 1. The highest BCUT2D eigenvalue weighted by Gasteiger charge is 2.31. The largest absolute Gasteiger partial charge is 0.328 e. The van der Waals surface area contributed by atoms with Gasteiger partial charge in [-0.15, -0.1) is 0 Å². The number of carbonyl (C=O) groups excluding carboxylic acids is 2. The summed E-state index contributed by atoms with van der Waals surface area (Å²) in [6, 6.07) is 7.58. The number of amides is 3. The molecule has 4 nitrogen and oxygen atoms in total. The lowest BCUT2D eigenvalue weighted by molar-refractivity contribution is -0.122. The lowest BCUT2D eigenvalue weighted by atomic mass is 10.1. The smallest absolute Gasteiger partial charge is 0.303 e. The molecule has 4 heteroatoms.